The number of nitrogens with zero attached hydrogens (tertiary/aromatic N) is 3. The van der Waals surface area contributed by atoms with Crippen molar-refractivity contribution < 1.29 is 4.79 Å². The number of aryl methyl sites for hydroxylation is 1. The van der Waals surface area contributed by atoms with E-state index in [0.717, 1.165) is 24.5 Å². The fraction of sp³-hybridized carbons (Fsp3) is 0.667. The highest BCUT2D eigenvalue weighted by Gasteiger charge is 2.13. The lowest BCUT2D eigenvalue weighted by molar-refractivity contribution is -0.129. The van der Waals surface area contributed by atoms with Gasteiger partial charge in [0.05, 0.1) is 5.69 Å². The van der Waals surface area contributed by atoms with Gasteiger partial charge in [-0.25, -0.2) is 0 Å². The predicted molar refractivity (Wildman–Crippen MR) is 67.8 cm³/mol. The molecule has 0 atom stereocenters. The molecule has 96 valence electrons. The molecule has 1 rings (SSSR count). The molecule has 0 fully saturated rings. The van der Waals surface area contributed by atoms with Crippen molar-refractivity contribution in [3.63, 3.8) is 0 Å². The molecular formula is C12H22N4O. The molecule has 1 amide bonds. The largest absolute Gasteiger partial charge is 0.347 e. The van der Waals surface area contributed by atoms with Crippen LogP contribution in [0.1, 0.15) is 23.9 Å². The van der Waals surface area contributed by atoms with Crippen molar-refractivity contribution in [3.8, 4) is 0 Å². The zero-order valence-corrected chi connectivity index (χ0v) is 11.4. The molecule has 0 aliphatic heterocycles. The van der Waals surface area contributed by atoms with Crippen LogP contribution in [-0.4, -0.2) is 41.2 Å². The lowest BCUT2D eigenvalue weighted by Gasteiger charge is -2.11. The summed E-state index contributed by atoms with van der Waals surface area (Å²) in [5, 5.41) is 7.70. The summed E-state index contributed by atoms with van der Waals surface area (Å²) in [6.45, 7) is 8.12. The van der Waals surface area contributed by atoms with E-state index in [-0.39, 0.29) is 5.91 Å². The average molecular weight is 238 g/mol. The second-order valence-corrected chi connectivity index (χ2v) is 4.38. The second kappa shape index (κ2) is 5.82. The van der Waals surface area contributed by atoms with Crippen molar-refractivity contribution in [2.24, 2.45) is 0 Å². The quantitative estimate of drug-likeness (QED) is 0.821. The van der Waals surface area contributed by atoms with Crippen molar-refractivity contribution >= 4 is 5.91 Å². The van der Waals surface area contributed by atoms with Crippen molar-refractivity contribution in [1.82, 2.24) is 20.0 Å². The van der Waals surface area contributed by atoms with Gasteiger partial charge in [-0.05, 0) is 20.4 Å². The van der Waals surface area contributed by atoms with Gasteiger partial charge in [0.1, 0.15) is 6.54 Å². The number of carbonyl (C=O) groups is 1. The topological polar surface area (TPSA) is 50.2 Å². The van der Waals surface area contributed by atoms with Crippen LogP contribution in [0.2, 0.25) is 0 Å². The molecule has 0 radical (unpaired) electrons. The van der Waals surface area contributed by atoms with Crippen LogP contribution < -0.4 is 5.32 Å². The molecule has 0 bridgehead atoms. The Balaban J connectivity index is 2.84. The third kappa shape index (κ3) is 3.30. The summed E-state index contributed by atoms with van der Waals surface area (Å²) in [5.74, 6) is 0.0607. The maximum absolute atomic E-state index is 11.6. The van der Waals surface area contributed by atoms with Crippen molar-refractivity contribution in [2.75, 3.05) is 20.6 Å². The Kier molecular flexibility index (Phi) is 4.69. The summed E-state index contributed by atoms with van der Waals surface area (Å²) >= 11 is 0. The Morgan fingerprint density at radius 3 is 2.59 bits per heavy atom. The predicted octanol–water partition coefficient (Wildman–Crippen LogP) is 0.698. The van der Waals surface area contributed by atoms with E-state index in [1.807, 2.05) is 13.8 Å². The van der Waals surface area contributed by atoms with E-state index in [1.165, 1.54) is 5.56 Å². The molecule has 0 aliphatic rings. The number of nitrogens with one attached hydrogen (secondary N) is 1. The van der Waals surface area contributed by atoms with E-state index in [4.69, 9.17) is 0 Å². The molecule has 17 heavy (non-hydrogen) atoms. The average Bonchev–Trinajstić information content (AvgIpc) is 2.52. The fourth-order valence-corrected chi connectivity index (χ4v) is 1.66. The molecule has 1 aromatic heterocycles. The zero-order chi connectivity index (χ0) is 13.0. The summed E-state index contributed by atoms with van der Waals surface area (Å²) < 4.78 is 1.78. The summed E-state index contributed by atoms with van der Waals surface area (Å²) in [6.07, 6.45) is 0. The van der Waals surface area contributed by atoms with Crippen LogP contribution in [-0.2, 0) is 17.9 Å². The Morgan fingerprint density at radius 1 is 1.41 bits per heavy atom. The molecule has 5 nitrogen and oxygen atoms in total. The van der Waals surface area contributed by atoms with Crippen molar-refractivity contribution in [2.45, 2.75) is 33.9 Å². The normalized spacial score (nSPS) is 10.6. The van der Waals surface area contributed by atoms with Gasteiger partial charge < -0.3 is 10.2 Å². The fourth-order valence-electron chi connectivity index (χ4n) is 1.66. The highest BCUT2D eigenvalue weighted by atomic mass is 16.2. The van der Waals surface area contributed by atoms with E-state index in [1.54, 1.807) is 23.7 Å². The van der Waals surface area contributed by atoms with Gasteiger partial charge in [0.2, 0.25) is 5.91 Å². The molecule has 5 heteroatoms. The Labute approximate surface area is 103 Å². The van der Waals surface area contributed by atoms with Gasteiger partial charge in [0.15, 0.2) is 0 Å². The zero-order valence-electron chi connectivity index (χ0n) is 11.4. The molecular weight excluding hydrogens is 216 g/mol. The molecule has 0 saturated heterocycles. The summed E-state index contributed by atoms with van der Waals surface area (Å²) in [7, 11) is 3.52. The van der Waals surface area contributed by atoms with Crippen molar-refractivity contribution in [1.29, 1.82) is 0 Å². The van der Waals surface area contributed by atoms with Gasteiger partial charge in [-0.15, -0.1) is 0 Å². The number of amides is 1. The van der Waals surface area contributed by atoms with E-state index < -0.39 is 0 Å². The van der Waals surface area contributed by atoms with Gasteiger partial charge >= 0.3 is 0 Å². The SMILES string of the molecule is CCNCc1c(C)nn(CC(=O)N(C)C)c1C. The highest BCUT2D eigenvalue weighted by molar-refractivity contribution is 5.75. The molecule has 1 aromatic rings. The van der Waals surface area contributed by atoms with Gasteiger partial charge in [0.25, 0.3) is 0 Å². The first kappa shape index (κ1) is 13.7. The van der Waals surface area contributed by atoms with Crippen LogP contribution in [0.5, 0.6) is 0 Å². The number of carbonyl (C=O) groups excluding carboxylic acids is 1. The third-order valence-corrected chi connectivity index (χ3v) is 2.87. The summed E-state index contributed by atoms with van der Waals surface area (Å²) in [5.41, 5.74) is 3.26. The van der Waals surface area contributed by atoms with E-state index in [0.29, 0.717) is 6.54 Å². The monoisotopic (exact) mass is 238 g/mol. The number of hydrogen-bond acceptors (Lipinski definition) is 3. The third-order valence-electron chi connectivity index (χ3n) is 2.87. The minimum absolute atomic E-state index is 0.0607. The van der Waals surface area contributed by atoms with Gasteiger partial charge in [-0.3, -0.25) is 9.48 Å². The molecule has 0 aromatic carbocycles. The van der Waals surface area contributed by atoms with E-state index in [2.05, 4.69) is 17.3 Å². The summed E-state index contributed by atoms with van der Waals surface area (Å²) in [6, 6.07) is 0. The molecule has 1 heterocycles. The van der Waals surface area contributed by atoms with Crippen LogP contribution in [0.4, 0.5) is 0 Å². The van der Waals surface area contributed by atoms with Gasteiger partial charge in [-0.1, -0.05) is 6.92 Å². The first-order valence-corrected chi connectivity index (χ1v) is 5.91. The Hall–Kier alpha value is -1.36. The standard InChI is InChI=1S/C12H22N4O/c1-6-13-7-11-9(2)14-16(10(11)3)8-12(17)15(4)5/h13H,6-8H2,1-5H3. The first-order chi connectivity index (χ1) is 7.97. The van der Waals surface area contributed by atoms with Crippen LogP contribution in [0.3, 0.4) is 0 Å². The van der Waals surface area contributed by atoms with Crippen LogP contribution in [0.15, 0.2) is 0 Å². The minimum atomic E-state index is 0.0607. The molecule has 1 N–H and O–H groups in total. The number of likely N-dealkylation sites (N-methyl/N-ethyl adjacent to an activating group) is 1. The smallest absolute Gasteiger partial charge is 0.243 e. The lowest BCUT2D eigenvalue weighted by Crippen LogP contribution is -2.27. The van der Waals surface area contributed by atoms with Crippen LogP contribution in [0.25, 0.3) is 0 Å². The molecule has 0 aliphatic carbocycles. The van der Waals surface area contributed by atoms with Gasteiger partial charge in [0, 0.05) is 31.9 Å². The van der Waals surface area contributed by atoms with Gasteiger partial charge in [-0.2, -0.15) is 5.10 Å². The molecule has 0 saturated carbocycles. The van der Waals surface area contributed by atoms with Crippen LogP contribution >= 0.6 is 0 Å². The molecule has 0 unspecified atom stereocenters. The Morgan fingerprint density at radius 2 is 2.06 bits per heavy atom. The van der Waals surface area contributed by atoms with Crippen LogP contribution in [0, 0.1) is 13.8 Å². The maximum atomic E-state index is 11.6. The highest BCUT2D eigenvalue weighted by Crippen LogP contribution is 2.12. The Bertz CT molecular complexity index is 395. The lowest BCUT2D eigenvalue weighted by atomic mass is 10.2. The number of rotatable bonds is 5. The van der Waals surface area contributed by atoms with Crippen molar-refractivity contribution in [3.05, 3.63) is 17.0 Å². The number of aromatic nitrogens is 2. The second-order valence-electron chi connectivity index (χ2n) is 4.38. The summed E-state index contributed by atoms with van der Waals surface area (Å²) in [4.78, 5) is 13.2. The molecule has 0 spiro atoms. The first-order valence-electron chi connectivity index (χ1n) is 5.91. The van der Waals surface area contributed by atoms with E-state index in [9.17, 15) is 4.79 Å². The number of hydrogen-bond donors (Lipinski definition) is 1. The van der Waals surface area contributed by atoms with E-state index >= 15 is 0 Å². The maximum Gasteiger partial charge on any atom is 0.243 e. The minimum Gasteiger partial charge on any atom is -0.347 e.